The molecule has 0 atom stereocenters. The Bertz CT molecular complexity index is 685. The predicted molar refractivity (Wildman–Crippen MR) is 83.1 cm³/mol. The maximum atomic E-state index is 13.4. The molecule has 7 heteroatoms. The number of aromatic nitrogens is 1. The molecule has 1 aromatic carbocycles. The Labute approximate surface area is 131 Å². The summed E-state index contributed by atoms with van der Waals surface area (Å²) in [5, 5.41) is 7.50. The number of para-hydroxylation sites is 1. The van der Waals surface area contributed by atoms with Gasteiger partial charge in [0.1, 0.15) is 5.82 Å². The number of hydrogen-bond donors (Lipinski definition) is 2. The lowest BCUT2D eigenvalue weighted by Crippen LogP contribution is -2.35. The van der Waals surface area contributed by atoms with Crippen molar-refractivity contribution in [3.63, 3.8) is 0 Å². The predicted octanol–water partition coefficient (Wildman–Crippen LogP) is 2.66. The van der Waals surface area contributed by atoms with Crippen molar-refractivity contribution < 1.29 is 14.0 Å². The lowest BCUT2D eigenvalue weighted by atomic mass is 10.2. The summed E-state index contributed by atoms with van der Waals surface area (Å²) in [7, 11) is 0. The second-order valence-corrected chi connectivity index (χ2v) is 5.84. The Balaban J connectivity index is 1.89. The molecule has 0 radical (unpaired) electrons. The molecule has 22 heavy (non-hydrogen) atoms. The number of halogens is 1. The number of hydrogen-bond acceptors (Lipinski definition) is 4. The number of nitrogens with zero attached hydrogens (tertiary/aromatic N) is 1. The minimum Gasteiger partial charge on any atom is -0.342 e. The van der Waals surface area contributed by atoms with Crippen molar-refractivity contribution >= 4 is 28.8 Å². The number of nitrogens with one attached hydrogen (secondary N) is 2. The second kappa shape index (κ2) is 7.13. The van der Waals surface area contributed by atoms with Gasteiger partial charge in [-0.05, 0) is 12.1 Å². The van der Waals surface area contributed by atoms with E-state index in [2.05, 4.69) is 15.6 Å². The first-order valence-electron chi connectivity index (χ1n) is 6.75. The summed E-state index contributed by atoms with van der Waals surface area (Å²) in [6.45, 7) is 4.22. The number of benzene rings is 1. The van der Waals surface area contributed by atoms with Crippen LogP contribution >= 0.6 is 11.3 Å². The number of rotatable bonds is 4. The molecule has 1 aromatic heterocycles. The van der Waals surface area contributed by atoms with E-state index >= 15 is 0 Å². The summed E-state index contributed by atoms with van der Waals surface area (Å²) >= 11 is 1.51. The zero-order valence-corrected chi connectivity index (χ0v) is 13.0. The van der Waals surface area contributed by atoms with Gasteiger partial charge in [-0.1, -0.05) is 26.0 Å². The van der Waals surface area contributed by atoms with Gasteiger partial charge in [0.2, 0.25) is 0 Å². The zero-order chi connectivity index (χ0) is 16.1. The molecule has 0 aliphatic heterocycles. The molecular formula is C15H16FN3O2S. The fraction of sp³-hybridized carbons (Fsp3) is 0.267. The first-order chi connectivity index (χ1) is 10.5. The Morgan fingerprint density at radius 1 is 1.27 bits per heavy atom. The third kappa shape index (κ3) is 4.11. The van der Waals surface area contributed by atoms with E-state index < -0.39 is 17.6 Å². The number of thiazole rings is 1. The van der Waals surface area contributed by atoms with Gasteiger partial charge in [0, 0.05) is 11.3 Å². The van der Waals surface area contributed by atoms with Gasteiger partial charge in [-0.2, -0.15) is 0 Å². The Morgan fingerprint density at radius 3 is 2.64 bits per heavy atom. The minimum absolute atomic E-state index is 0.0293. The van der Waals surface area contributed by atoms with Crippen molar-refractivity contribution in [3.05, 3.63) is 46.2 Å². The molecule has 0 spiro atoms. The van der Waals surface area contributed by atoms with E-state index in [1.54, 1.807) is 6.07 Å². The molecule has 0 fully saturated rings. The number of carbonyl (C=O) groups excluding carboxylic acids is 2. The molecule has 0 saturated carbocycles. The van der Waals surface area contributed by atoms with E-state index in [1.807, 2.05) is 19.2 Å². The summed E-state index contributed by atoms with van der Waals surface area (Å²) in [6, 6.07) is 5.66. The molecule has 0 aliphatic carbocycles. The van der Waals surface area contributed by atoms with E-state index in [1.165, 1.54) is 29.5 Å². The quantitative estimate of drug-likeness (QED) is 0.851. The van der Waals surface area contributed by atoms with Gasteiger partial charge in [0.15, 0.2) is 0 Å². The fourth-order valence-electron chi connectivity index (χ4n) is 1.66. The highest BCUT2D eigenvalue weighted by Gasteiger charge is 2.15. The van der Waals surface area contributed by atoms with Crippen LogP contribution in [0.25, 0.3) is 0 Å². The van der Waals surface area contributed by atoms with Crippen molar-refractivity contribution in [1.29, 1.82) is 0 Å². The second-order valence-electron chi connectivity index (χ2n) is 4.95. The topological polar surface area (TPSA) is 71.1 Å². The lowest BCUT2D eigenvalue weighted by Gasteiger charge is -2.06. The summed E-state index contributed by atoms with van der Waals surface area (Å²) < 4.78 is 13.4. The van der Waals surface area contributed by atoms with Crippen LogP contribution in [0.4, 0.5) is 10.1 Å². The number of carbonyl (C=O) groups is 2. The third-order valence-corrected chi connectivity index (χ3v) is 4.02. The van der Waals surface area contributed by atoms with E-state index in [0.29, 0.717) is 11.6 Å². The fourth-order valence-corrected chi connectivity index (χ4v) is 2.50. The molecule has 0 unspecified atom stereocenters. The van der Waals surface area contributed by atoms with E-state index in [-0.39, 0.29) is 12.2 Å². The Hall–Kier alpha value is -2.28. The smallest absolute Gasteiger partial charge is 0.313 e. The zero-order valence-electron chi connectivity index (χ0n) is 12.2. The van der Waals surface area contributed by atoms with Gasteiger partial charge in [0.25, 0.3) is 0 Å². The highest BCUT2D eigenvalue weighted by Crippen LogP contribution is 2.19. The van der Waals surface area contributed by atoms with Crippen LogP contribution in [-0.4, -0.2) is 16.8 Å². The molecule has 116 valence electrons. The van der Waals surface area contributed by atoms with Gasteiger partial charge >= 0.3 is 11.8 Å². The maximum Gasteiger partial charge on any atom is 0.313 e. The molecule has 1 heterocycles. The Kier molecular flexibility index (Phi) is 5.21. The van der Waals surface area contributed by atoms with E-state index in [9.17, 15) is 14.0 Å². The summed E-state index contributed by atoms with van der Waals surface area (Å²) in [4.78, 5) is 27.7. The van der Waals surface area contributed by atoms with Crippen LogP contribution in [-0.2, 0) is 16.1 Å². The van der Waals surface area contributed by atoms with Crippen molar-refractivity contribution in [2.24, 2.45) is 0 Å². The average molecular weight is 321 g/mol. The highest BCUT2D eigenvalue weighted by atomic mass is 32.1. The number of amides is 2. The van der Waals surface area contributed by atoms with Gasteiger partial charge < -0.3 is 10.6 Å². The Morgan fingerprint density at radius 2 is 2.00 bits per heavy atom. The summed E-state index contributed by atoms with van der Waals surface area (Å²) in [6.07, 6.45) is 0. The molecule has 2 N–H and O–H groups in total. The van der Waals surface area contributed by atoms with Crippen molar-refractivity contribution in [2.45, 2.75) is 26.3 Å². The first kappa shape index (κ1) is 16.1. The molecule has 5 nitrogen and oxygen atoms in total. The molecule has 0 bridgehead atoms. The van der Waals surface area contributed by atoms with Crippen LogP contribution in [0.5, 0.6) is 0 Å². The lowest BCUT2D eigenvalue weighted by molar-refractivity contribution is -0.136. The molecule has 0 aliphatic rings. The molecule has 2 aromatic rings. The van der Waals surface area contributed by atoms with Crippen LogP contribution in [0.15, 0.2) is 29.6 Å². The van der Waals surface area contributed by atoms with Crippen LogP contribution in [0.2, 0.25) is 0 Å². The van der Waals surface area contributed by atoms with Crippen LogP contribution in [0.1, 0.15) is 30.5 Å². The average Bonchev–Trinajstić information content (AvgIpc) is 2.96. The first-order valence-corrected chi connectivity index (χ1v) is 7.63. The normalized spacial score (nSPS) is 10.5. The van der Waals surface area contributed by atoms with Gasteiger partial charge in [0.05, 0.1) is 22.9 Å². The largest absolute Gasteiger partial charge is 0.342 e. The van der Waals surface area contributed by atoms with Crippen LogP contribution < -0.4 is 10.6 Å². The summed E-state index contributed by atoms with van der Waals surface area (Å²) in [5.74, 6) is -2.02. The van der Waals surface area contributed by atoms with Crippen molar-refractivity contribution in [3.8, 4) is 0 Å². The monoisotopic (exact) mass is 321 g/mol. The maximum absolute atomic E-state index is 13.4. The standard InChI is InChI=1S/C15H16FN3O2S/c1-9(2)15-18-10(8-22-15)7-17-13(20)14(21)19-12-6-4-3-5-11(12)16/h3-6,8-9H,7H2,1-2H3,(H,17,20)(H,19,21). The van der Waals surface area contributed by atoms with Crippen LogP contribution in [0, 0.1) is 5.82 Å². The molecule has 0 saturated heterocycles. The molecule has 2 amide bonds. The van der Waals surface area contributed by atoms with Crippen molar-refractivity contribution in [1.82, 2.24) is 10.3 Å². The highest BCUT2D eigenvalue weighted by molar-refractivity contribution is 7.09. The van der Waals surface area contributed by atoms with Gasteiger partial charge in [-0.25, -0.2) is 9.37 Å². The van der Waals surface area contributed by atoms with Crippen molar-refractivity contribution in [2.75, 3.05) is 5.32 Å². The summed E-state index contributed by atoms with van der Waals surface area (Å²) in [5.41, 5.74) is 0.666. The minimum atomic E-state index is -0.913. The molecule has 2 rings (SSSR count). The third-order valence-electron chi connectivity index (χ3n) is 2.82. The SMILES string of the molecule is CC(C)c1nc(CNC(=O)C(=O)Nc2ccccc2F)cs1. The van der Waals surface area contributed by atoms with Gasteiger partial charge in [-0.3, -0.25) is 9.59 Å². The van der Waals surface area contributed by atoms with Crippen LogP contribution in [0.3, 0.4) is 0 Å². The van der Waals surface area contributed by atoms with E-state index in [0.717, 1.165) is 5.01 Å². The number of anilines is 1. The molecular weight excluding hydrogens is 305 g/mol. The van der Waals surface area contributed by atoms with Gasteiger partial charge in [-0.15, -0.1) is 11.3 Å². The van der Waals surface area contributed by atoms with E-state index in [4.69, 9.17) is 0 Å².